The molecule has 2 heteroatoms. The summed E-state index contributed by atoms with van der Waals surface area (Å²) < 4.78 is 0. The standard InChI is InChI=1S/C10H21NO/c1-8(12)10(2)7-5-6-9(10)11(3)4/h8-9,12H,5-7H2,1-4H3/t8-,9-,10-/m0/s1. The van der Waals surface area contributed by atoms with Crippen LogP contribution in [-0.2, 0) is 0 Å². The van der Waals surface area contributed by atoms with Gasteiger partial charge in [-0.3, -0.25) is 0 Å². The molecule has 0 heterocycles. The van der Waals surface area contributed by atoms with Gasteiger partial charge in [0.2, 0.25) is 0 Å². The zero-order valence-electron chi connectivity index (χ0n) is 8.67. The van der Waals surface area contributed by atoms with E-state index in [1.54, 1.807) is 0 Å². The van der Waals surface area contributed by atoms with E-state index < -0.39 is 0 Å². The minimum atomic E-state index is -0.188. The Balaban J connectivity index is 2.74. The SMILES string of the molecule is C[C@H](O)[C@]1(C)CCC[C@@H]1N(C)C. The van der Waals surface area contributed by atoms with Crippen molar-refractivity contribution in [3.8, 4) is 0 Å². The van der Waals surface area contributed by atoms with E-state index in [-0.39, 0.29) is 11.5 Å². The van der Waals surface area contributed by atoms with E-state index in [1.165, 1.54) is 12.8 Å². The molecule has 0 aromatic carbocycles. The minimum Gasteiger partial charge on any atom is -0.393 e. The molecule has 1 aliphatic carbocycles. The average Bonchev–Trinajstić information content (AvgIpc) is 2.32. The molecule has 0 unspecified atom stereocenters. The fourth-order valence-corrected chi connectivity index (χ4v) is 2.51. The Morgan fingerprint density at radius 2 is 2.08 bits per heavy atom. The molecule has 1 saturated carbocycles. The van der Waals surface area contributed by atoms with Crippen LogP contribution in [0.25, 0.3) is 0 Å². The summed E-state index contributed by atoms with van der Waals surface area (Å²) in [5.41, 5.74) is 0.115. The summed E-state index contributed by atoms with van der Waals surface area (Å²) in [5.74, 6) is 0. The van der Waals surface area contributed by atoms with Gasteiger partial charge in [0, 0.05) is 11.5 Å². The average molecular weight is 171 g/mol. The molecule has 1 aliphatic rings. The van der Waals surface area contributed by atoms with E-state index in [0.717, 1.165) is 6.42 Å². The molecule has 0 bridgehead atoms. The van der Waals surface area contributed by atoms with Gasteiger partial charge in [0.25, 0.3) is 0 Å². The lowest BCUT2D eigenvalue weighted by Gasteiger charge is -2.38. The van der Waals surface area contributed by atoms with Gasteiger partial charge in [0.15, 0.2) is 0 Å². The van der Waals surface area contributed by atoms with E-state index >= 15 is 0 Å². The van der Waals surface area contributed by atoms with Crippen molar-refractivity contribution in [2.45, 2.75) is 45.3 Å². The Morgan fingerprint density at radius 1 is 1.50 bits per heavy atom. The summed E-state index contributed by atoms with van der Waals surface area (Å²) in [4.78, 5) is 2.25. The van der Waals surface area contributed by atoms with Crippen LogP contribution in [0.15, 0.2) is 0 Å². The van der Waals surface area contributed by atoms with Crippen LogP contribution in [0, 0.1) is 5.41 Å². The Kier molecular flexibility index (Phi) is 2.79. The van der Waals surface area contributed by atoms with Gasteiger partial charge < -0.3 is 10.0 Å². The van der Waals surface area contributed by atoms with E-state index in [9.17, 15) is 5.11 Å². The maximum atomic E-state index is 9.70. The molecule has 1 N–H and O–H groups in total. The molecule has 0 amide bonds. The zero-order chi connectivity index (χ0) is 9.35. The molecular formula is C10H21NO. The highest BCUT2D eigenvalue weighted by Crippen LogP contribution is 2.42. The van der Waals surface area contributed by atoms with Crippen molar-refractivity contribution in [1.82, 2.24) is 4.90 Å². The van der Waals surface area contributed by atoms with Crippen LogP contribution in [0.1, 0.15) is 33.1 Å². The molecule has 2 nitrogen and oxygen atoms in total. The molecule has 0 aromatic rings. The molecule has 0 aliphatic heterocycles. The van der Waals surface area contributed by atoms with Crippen molar-refractivity contribution >= 4 is 0 Å². The summed E-state index contributed by atoms with van der Waals surface area (Å²) in [5, 5.41) is 9.70. The Hall–Kier alpha value is -0.0800. The van der Waals surface area contributed by atoms with Gasteiger partial charge >= 0.3 is 0 Å². The van der Waals surface area contributed by atoms with Gasteiger partial charge in [0.05, 0.1) is 6.10 Å². The summed E-state index contributed by atoms with van der Waals surface area (Å²) in [7, 11) is 4.22. The summed E-state index contributed by atoms with van der Waals surface area (Å²) >= 11 is 0. The normalized spacial score (nSPS) is 39.0. The van der Waals surface area contributed by atoms with E-state index in [1.807, 2.05) is 6.92 Å². The molecule has 0 aromatic heterocycles. The van der Waals surface area contributed by atoms with Crippen molar-refractivity contribution in [2.24, 2.45) is 5.41 Å². The Bertz CT molecular complexity index is 156. The van der Waals surface area contributed by atoms with Crippen LogP contribution >= 0.6 is 0 Å². The minimum absolute atomic E-state index is 0.115. The van der Waals surface area contributed by atoms with Gasteiger partial charge in [0.1, 0.15) is 0 Å². The van der Waals surface area contributed by atoms with Crippen molar-refractivity contribution in [1.29, 1.82) is 0 Å². The molecule has 0 spiro atoms. The Morgan fingerprint density at radius 3 is 2.42 bits per heavy atom. The van der Waals surface area contributed by atoms with Crippen LogP contribution in [0.5, 0.6) is 0 Å². The second-order valence-electron chi connectivity index (χ2n) is 4.55. The first kappa shape index (κ1) is 10.0. The number of hydrogen-bond donors (Lipinski definition) is 1. The molecule has 72 valence electrons. The van der Waals surface area contributed by atoms with Gasteiger partial charge in [-0.2, -0.15) is 0 Å². The lowest BCUT2D eigenvalue weighted by atomic mass is 9.79. The van der Waals surface area contributed by atoms with Crippen molar-refractivity contribution in [2.75, 3.05) is 14.1 Å². The van der Waals surface area contributed by atoms with Crippen molar-refractivity contribution < 1.29 is 5.11 Å². The fourth-order valence-electron chi connectivity index (χ4n) is 2.51. The molecule has 0 saturated heterocycles. The molecule has 0 radical (unpaired) electrons. The number of aliphatic hydroxyl groups is 1. The predicted molar refractivity (Wildman–Crippen MR) is 51.1 cm³/mol. The van der Waals surface area contributed by atoms with Crippen LogP contribution < -0.4 is 0 Å². The first-order valence-electron chi connectivity index (χ1n) is 4.83. The monoisotopic (exact) mass is 171 g/mol. The quantitative estimate of drug-likeness (QED) is 0.680. The lowest BCUT2D eigenvalue weighted by Crippen LogP contribution is -2.45. The topological polar surface area (TPSA) is 23.5 Å². The fraction of sp³-hybridized carbons (Fsp3) is 1.00. The van der Waals surface area contributed by atoms with Gasteiger partial charge in [-0.25, -0.2) is 0 Å². The molecular weight excluding hydrogens is 150 g/mol. The Labute approximate surface area is 75.6 Å². The van der Waals surface area contributed by atoms with Crippen LogP contribution in [0.3, 0.4) is 0 Å². The number of nitrogens with zero attached hydrogens (tertiary/aromatic N) is 1. The van der Waals surface area contributed by atoms with E-state index in [4.69, 9.17) is 0 Å². The number of aliphatic hydroxyl groups excluding tert-OH is 1. The zero-order valence-corrected chi connectivity index (χ0v) is 8.67. The van der Waals surface area contributed by atoms with Crippen LogP contribution in [0.2, 0.25) is 0 Å². The predicted octanol–water partition coefficient (Wildman–Crippen LogP) is 1.49. The third kappa shape index (κ3) is 1.50. The van der Waals surface area contributed by atoms with E-state index in [0.29, 0.717) is 6.04 Å². The molecule has 1 fully saturated rings. The van der Waals surface area contributed by atoms with E-state index in [2.05, 4.69) is 25.9 Å². The highest BCUT2D eigenvalue weighted by molar-refractivity contribution is 4.96. The second-order valence-corrected chi connectivity index (χ2v) is 4.55. The van der Waals surface area contributed by atoms with Crippen molar-refractivity contribution in [3.63, 3.8) is 0 Å². The number of rotatable bonds is 2. The number of hydrogen-bond acceptors (Lipinski definition) is 2. The lowest BCUT2D eigenvalue weighted by molar-refractivity contribution is 0.00821. The largest absolute Gasteiger partial charge is 0.393 e. The summed E-state index contributed by atoms with van der Waals surface area (Å²) in [6.07, 6.45) is 3.46. The molecule has 1 rings (SSSR count). The first-order valence-corrected chi connectivity index (χ1v) is 4.83. The van der Waals surface area contributed by atoms with Crippen LogP contribution in [-0.4, -0.2) is 36.2 Å². The van der Waals surface area contributed by atoms with Crippen LogP contribution in [0.4, 0.5) is 0 Å². The maximum Gasteiger partial charge on any atom is 0.0580 e. The van der Waals surface area contributed by atoms with Gasteiger partial charge in [-0.15, -0.1) is 0 Å². The second kappa shape index (κ2) is 3.35. The third-order valence-electron chi connectivity index (χ3n) is 3.53. The molecule has 3 atom stereocenters. The highest BCUT2D eigenvalue weighted by atomic mass is 16.3. The third-order valence-corrected chi connectivity index (χ3v) is 3.53. The molecule has 12 heavy (non-hydrogen) atoms. The summed E-state index contributed by atoms with van der Waals surface area (Å²) in [6.45, 7) is 4.12. The summed E-state index contributed by atoms with van der Waals surface area (Å²) in [6, 6.07) is 0.553. The first-order chi connectivity index (χ1) is 5.48. The van der Waals surface area contributed by atoms with Gasteiger partial charge in [-0.1, -0.05) is 13.3 Å². The van der Waals surface area contributed by atoms with Gasteiger partial charge in [-0.05, 0) is 33.9 Å². The maximum absolute atomic E-state index is 9.70. The highest BCUT2D eigenvalue weighted by Gasteiger charge is 2.43. The van der Waals surface area contributed by atoms with Crippen molar-refractivity contribution in [3.05, 3.63) is 0 Å². The smallest absolute Gasteiger partial charge is 0.0580 e.